The fraction of sp³-hybridized carbons (Fsp3) is 0.240. The van der Waals surface area contributed by atoms with Crippen LogP contribution in [-0.2, 0) is 18.8 Å². The predicted molar refractivity (Wildman–Crippen MR) is 117 cm³/mol. The summed E-state index contributed by atoms with van der Waals surface area (Å²) >= 11 is 0. The third kappa shape index (κ3) is 5.06. The molecule has 3 aromatic rings. The first-order chi connectivity index (χ1) is 16.5. The molecule has 4 rings (SSSR count). The van der Waals surface area contributed by atoms with Crippen LogP contribution in [0.25, 0.3) is 0 Å². The van der Waals surface area contributed by atoms with Crippen molar-refractivity contribution in [3.63, 3.8) is 0 Å². The van der Waals surface area contributed by atoms with Crippen molar-refractivity contribution in [3.8, 4) is 23.0 Å². The van der Waals surface area contributed by atoms with Gasteiger partial charge in [-0.1, -0.05) is 12.1 Å². The Bertz CT molecular complexity index is 1250. The molecule has 0 saturated carbocycles. The highest BCUT2D eigenvalue weighted by Crippen LogP contribution is 2.40. The highest BCUT2D eigenvalue weighted by atomic mass is 19.4. The number of methoxy groups -OCH3 is 2. The Hall–Kier alpha value is -3.69. The van der Waals surface area contributed by atoms with Gasteiger partial charge in [0.15, 0.2) is 11.5 Å². The maximum absolute atomic E-state index is 13.3. The zero-order valence-electron chi connectivity index (χ0n) is 18.6. The van der Waals surface area contributed by atoms with E-state index in [1.54, 1.807) is 24.3 Å². The van der Waals surface area contributed by atoms with Crippen LogP contribution in [0.1, 0.15) is 27.8 Å². The van der Waals surface area contributed by atoms with Gasteiger partial charge in [0.25, 0.3) is 0 Å². The molecule has 4 nitrogen and oxygen atoms in total. The number of hydrogen-bond donors (Lipinski definition) is 0. The van der Waals surface area contributed by atoms with E-state index >= 15 is 0 Å². The number of hydrogen-bond acceptors (Lipinski definition) is 4. The molecule has 0 bridgehead atoms. The van der Waals surface area contributed by atoms with Gasteiger partial charge in [0.2, 0.25) is 0 Å². The average molecular weight is 495 g/mol. The summed E-state index contributed by atoms with van der Waals surface area (Å²) in [6.07, 6.45) is -9.35. The van der Waals surface area contributed by atoms with E-state index in [4.69, 9.17) is 14.2 Å². The molecule has 0 radical (unpaired) electrons. The smallest absolute Gasteiger partial charge is 0.416 e. The summed E-state index contributed by atoms with van der Waals surface area (Å²) in [7, 11) is 2.99. The molecule has 0 fully saturated rings. The maximum atomic E-state index is 13.3. The highest BCUT2D eigenvalue weighted by molar-refractivity contribution is 6.16. The monoisotopic (exact) mass is 495 g/mol. The lowest BCUT2D eigenvalue weighted by molar-refractivity contribution is -0.143. The Balaban J connectivity index is 1.80. The van der Waals surface area contributed by atoms with Crippen molar-refractivity contribution >= 4 is 5.71 Å². The number of fused-ring (bicyclic) bond motifs is 1. The molecule has 1 heterocycles. The minimum Gasteiger partial charge on any atom is -0.493 e. The Kier molecular flexibility index (Phi) is 6.40. The molecule has 0 spiro atoms. The van der Waals surface area contributed by atoms with E-state index in [2.05, 4.69) is 4.99 Å². The Morgan fingerprint density at radius 2 is 1.31 bits per heavy atom. The van der Waals surface area contributed by atoms with Gasteiger partial charge < -0.3 is 14.2 Å². The van der Waals surface area contributed by atoms with Crippen LogP contribution in [0.2, 0.25) is 0 Å². The fourth-order valence-corrected chi connectivity index (χ4v) is 3.82. The quantitative estimate of drug-likeness (QED) is 0.361. The van der Waals surface area contributed by atoms with Crippen molar-refractivity contribution in [1.29, 1.82) is 0 Å². The van der Waals surface area contributed by atoms with Gasteiger partial charge in [0, 0.05) is 17.7 Å². The van der Waals surface area contributed by atoms with Gasteiger partial charge in [-0.15, -0.1) is 0 Å². The van der Waals surface area contributed by atoms with Crippen LogP contribution in [-0.4, -0.2) is 26.5 Å². The van der Waals surface area contributed by atoms with Gasteiger partial charge in [-0.25, -0.2) is 0 Å². The second-order valence-corrected chi connectivity index (χ2v) is 7.68. The fourth-order valence-electron chi connectivity index (χ4n) is 3.82. The zero-order chi connectivity index (χ0) is 25.4. The number of ether oxygens (including phenoxy) is 3. The Morgan fingerprint density at radius 1 is 0.714 bits per heavy atom. The Morgan fingerprint density at radius 3 is 1.91 bits per heavy atom. The minimum atomic E-state index is -4.99. The van der Waals surface area contributed by atoms with E-state index in [-0.39, 0.29) is 11.8 Å². The summed E-state index contributed by atoms with van der Waals surface area (Å²) in [5.41, 5.74) is -0.433. The first-order valence-electron chi connectivity index (χ1n) is 10.4. The summed E-state index contributed by atoms with van der Waals surface area (Å²) < 4.78 is 96.0. The molecule has 0 aromatic heterocycles. The van der Waals surface area contributed by atoms with Crippen molar-refractivity contribution in [2.24, 2.45) is 4.99 Å². The molecule has 35 heavy (non-hydrogen) atoms. The number of benzene rings is 3. The molecule has 0 atom stereocenters. The molecule has 10 heteroatoms. The first kappa shape index (κ1) is 24.4. The summed E-state index contributed by atoms with van der Waals surface area (Å²) in [5.74, 6) is 0.442. The van der Waals surface area contributed by atoms with Crippen molar-refractivity contribution in [1.82, 2.24) is 0 Å². The van der Waals surface area contributed by atoms with E-state index in [9.17, 15) is 26.3 Å². The molecule has 0 unspecified atom stereocenters. The number of nitrogens with zero attached hydrogens (tertiary/aromatic N) is 1. The standard InChI is InChI=1S/C25H19F6NO3/c1-33-21-9-14-7-8-32-23(19(14)13-22(21)34-2)18-5-3-4-6-20(18)35-17-11-15(24(26,27)28)10-16(12-17)25(29,30)31/h3-6,9-13H,7-8H2,1-2H3. The van der Waals surface area contributed by atoms with Crippen molar-refractivity contribution < 1.29 is 40.6 Å². The maximum Gasteiger partial charge on any atom is 0.416 e. The Labute approximate surface area is 196 Å². The van der Waals surface area contributed by atoms with E-state index in [0.717, 1.165) is 5.56 Å². The molecular formula is C25H19F6NO3. The number of halogens is 6. The molecule has 0 N–H and O–H groups in total. The minimum absolute atomic E-state index is 0.0554. The van der Waals surface area contributed by atoms with Crippen LogP contribution in [0.3, 0.4) is 0 Å². The van der Waals surface area contributed by atoms with Crippen LogP contribution in [0.15, 0.2) is 59.6 Å². The van der Waals surface area contributed by atoms with Gasteiger partial charge in [0.1, 0.15) is 11.5 Å². The van der Waals surface area contributed by atoms with Crippen LogP contribution in [0.5, 0.6) is 23.0 Å². The normalized spacial score (nSPS) is 13.7. The van der Waals surface area contributed by atoms with E-state index < -0.39 is 29.2 Å². The summed E-state index contributed by atoms with van der Waals surface area (Å²) in [6.45, 7) is 0.425. The second kappa shape index (κ2) is 9.16. The molecule has 0 amide bonds. The first-order valence-corrected chi connectivity index (χ1v) is 10.4. The van der Waals surface area contributed by atoms with Crippen molar-refractivity contribution in [2.45, 2.75) is 18.8 Å². The van der Waals surface area contributed by atoms with Gasteiger partial charge in [-0.3, -0.25) is 4.99 Å². The second-order valence-electron chi connectivity index (χ2n) is 7.68. The molecule has 1 aliphatic heterocycles. The highest BCUT2D eigenvalue weighted by Gasteiger charge is 2.37. The van der Waals surface area contributed by atoms with Crippen molar-refractivity contribution in [2.75, 3.05) is 20.8 Å². The van der Waals surface area contributed by atoms with E-state index in [1.165, 1.54) is 20.3 Å². The third-order valence-electron chi connectivity index (χ3n) is 5.45. The molecule has 3 aromatic carbocycles. The lowest BCUT2D eigenvalue weighted by Gasteiger charge is -2.22. The largest absolute Gasteiger partial charge is 0.493 e. The number of rotatable bonds is 5. The predicted octanol–water partition coefficient (Wildman–Crippen LogP) is 6.93. The van der Waals surface area contributed by atoms with Gasteiger partial charge in [0.05, 0.1) is 31.1 Å². The lowest BCUT2D eigenvalue weighted by Crippen LogP contribution is -2.16. The molecular weight excluding hydrogens is 476 g/mol. The molecule has 1 aliphatic rings. The van der Waals surface area contributed by atoms with Crippen LogP contribution < -0.4 is 14.2 Å². The third-order valence-corrected chi connectivity index (χ3v) is 5.45. The molecule has 0 saturated heterocycles. The molecule has 0 aliphatic carbocycles. The van der Waals surface area contributed by atoms with E-state index in [1.807, 2.05) is 6.07 Å². The lowest BCUT2D eigenvalue weighted by atomic mass is 9.92. The van der Waals surface area contributed by atoms with E-state index in [0.29, 0.717) is 53.4 Å². The SMILES string of the molecule is COc1cc2c(cc1OC)C(c1ccccc1Oc1cc(C(F)(F)F)cc(C(F)(F)F)c1)=NCC2. The molecule has 184 valence electrons. The number of aliphatic imine (C=N–C) groups is 1. The summed E-state index contributed by atoms with van der Waals surface area (Å²) in [5, 5.41) is 0. The topological polar surface area (TPSA) is 40.0 Å². The van der Waals surface area contributed by atoms with Crippen molar-refractivity contribution in [3.05, 3.63) is 82.4 Å². The number of para-hydroxylation sites is 1. The van der Waals surface area contributed by atoms with Crippen LogP contribution in [0.4, 0.5) is 26.3 Å². The van der Waals surface area contributed by atoms with Gasteiger partial charge >= 0.3 is 12.4 Å². The van der Waals surface area contributed by atoms with Gasteiger partial charge in [-0.2, -0.15) is 26.3 Å². The zero-order valence-corrected chi connectivity index (χ0v) is 18.6. The average Bonchev–Trinajstić information content (AvgIpc) is 2.82. The number of alkyl halides is 6. The van der Waals surface area contributed by atoms with Crippen LogP contribution in [0, 0.1) is 0 Å². The van der Waals surface area contributed by atoms with Gasteiger partial charge in [-0.05, 0) is 54.4 Å². The summed E-state index contributed by atoms with van der Waals surface area (Å²) in [4.78, 5) is 4.57. The van der Waals surface area contributed by atoms with Crippen LogP contribution >= 0.6 is 0 Å². The summed E-state index contributed by atoms with van der Waals surface area (Å²) in [6, 6.07) is 11.0.